The lowest BCUT2D eigenvalue weighted by molar-refractivity contribution is -0.172. The van der Waals surface area contributed by atoms with Crippen LogP contribution in [0.25, 0.3) is 0 Å². The third kappa shape index (κ3) is 10.7. The molecule has 3 N–H and O–H groups in total. The molecule has 1 aliphatic rings. The van der Waals surface area contributed by atoms with E-state index in [-0.39, 0.29) is 13.4 Å². The molecule has 0 spiro atoms. The monoisotopic (exact) mass is 571 g/mol. The fourth-order valence-corrected chi connectivity index (χ4v) is 4.57. The predicted molar refractivity (Wildman–Crippen MR) is 151 cm³/mol. The smallest absolute Gasteiger partial charge is 0.336 e. The van der Waals surface area contributed by atoms with Gasteiger partial charge in [0.05, 0.1) is 0 Å². The maximum Gasteiger partial charge on any atom is 0.336 e. The molecule has 2 aromatic carbocycles. The number of aliphatic carboxylic acids is 2. The van der Waals surface area contributed by atoms with Crippen LogP contribution in [0.3, 0.4) is 0 Å². The average molecular weight is 572 g/mol. The second-order valence-corrected chi connectivity index (χ2v) is 10.3. The Morgan fingerprint density at radius 3 is 2.20 bits per heavy atom. The molecule has 0 aliphatic carbocycles. The summed E-state index contributed by atoms with van der Waals surface area (Å²) in [5.74, 6) is -1.92. The Hall–Kier alpha value is -3.63. The van der Waals surface area contributed by atoms with Crippen LogP contribution in [0.1, 0.15) is 60.8 Å². The lowest BCUT2D eigenvalue weighted by Crippen LogP contribution is -2.49. The largest absolute Gasteiger partial charge is 0.480 e. The summed E-state index contributed by atoms with van der Waals surface area (Å²) < 4.78 is 21.4. The lowest BCUT2D eigenvalue weighted by atomic mass is 10.0. The number of hydrogen-bond donors (Lipinski definition) is 3. The van der Waals surface area contributed by atoms with Gasteiger partial charge in [0.25, 0.3) is 5.91 Å². The van der Waals surface area contributed by atoms with Crippen molar-refractivity contribution >= 4 is 17.8 Å². The topological polar surface area (TPSA) is 141 Å². The van der Waals surface area contributed by atoms with E-state index in [0.717, 1.165) is 55.6 Å². The third-order valence-corrected chi connectivity index (χ3v) is 7.02. The van der Waals surface area contributed by atoms with Crippen molar-refractivity contribution in [1.29, 1.82) is 0 Å². The summed E-state index contributed by atoms with van der Waals surface area (Å²) in [4.78, 5) is 35.7. The summed E-state index contributed by atoms with van der Waals surface area (Å²) in [7, 11) is 0. The molecular weight excluding hydrogens is 530 g/mol. The molecule has 0 fully saturated rings. The number of rotatable bonds is 19. The number of amides is 1. The van der Waals surface area contributed by atoms with Gasteiger partial charge in [-0.1, -0.05) is 37.1 Å². The van der Waals surface area contributed by atoms with E-state index in [9.17, 15) is 19.5 Å². The van der Waals surface area contributed by atoms with Crippen LogP contribution in [0.2, 0.25) is 0 Å². The molecule has 10 heteroatoms. The summed E-state index contributed by atoms with van der Waals surface area (Å²) in [6, 6.07) is 12.3. The van der Waals surface area contributed by atoms with Crippen molar-refractivity contribution in [1.82, 2.24) is 5.32 Å². The van der Waals surface area contributed by atoms with Gasteiger partial charge in [-0.3, -0.25) is 4.79 Å². The molecule has 2 unspecified atom stereocenters. The van der Waals surface area contributed by atoms with Crippen LogP contribution in [0.4, 0.5) is 0 Å². The van der Waals surface area contributed by atoms with Gasteiger partial charge in [0.1, 0.15) is 6.61 Å². The molecule has 0 saturated carbocycles. The molecule has 10 nitrogen and oxygen atoms in total. The highest BCUT2D eigenvalue weighted by Gasteiger charge is 2.36. The third-order valence-electron chi connectivity index (χ3n) is 7.02. The highest BCUT2D eigenvalue weighted by molar-refractivity contribution is 5.88. The van der Waals surface area contributed by atoms with Crippen molar-refractivity contribution in [2.75, 3.05) is 26.6 Å². The number of carbonyl (C=O) groups excluding carboxylic acids is 1. The molecule has 1 aliphatic heterocycles. The molecule has 224 valence electrons. The zero-order valence-corrected chi connectivity index (χ0v) is 23.9. The van der Waals surface area contributed by atoms with E-state index in [0.29, 0.717) is 19.4 Å². The number of ether oxygens (including phenoxy) is 4. The fraction of sp³-hybridized carbons (Fsp3) is 0.516. The summed E-state index contributed by atoms with van der Waals surface area (Å²) in [5.41, 5.74) is 4.91. The van der Waals surface area contributed by atoms with Crippen molar-refractivity contribution in [3.63, 3.8) is 0 Å². The minimum absolute atomic E-state index is 0.154. The van der Waals surface area contributed by atoms with Crippen LogP contribution in [0.5, 0.6) is 11.5 Å². The molecular formula is C31H41NO9. The first kappa shape index (κ1) is 31.9. The Bertz CT molecular complexity index is 1170. The maximum atomic E-state index is 12.9. The van der Waals surface area contributed by atoms with Crippen molar-refractivity contribution in [2.45, 2.75) is 77.4 Å². The van der Waals surface area contributed by atoms with Gasteiger partial charge in [-0.25, -0.2) is 9.59 Å². The molecule has 0 radical (unpaired) electrons. The Morgan fingerprint density at radius 1 is 0.805 bits per heavy atom. The van der Waals surface area contributed by atoms with Crippen LogP contribution in [-0.2, 0) is 36.7 Å². The van der Waals surface area contributed by atoms with Crippen LogP contribution >= 0.6 is 0 Å². The van der Waals surface area contributed by atoms with Gasteiger partial charge in [-0.05, 0) is 86.8 Å². The molecule has 2 atom stereocenters. The first-order valence-electron chi connectivity index (χ1n) is 14.1. The number of fused-ring (bicyclic) bond motifs is 1. The number of aryl methyl sites for hydroxylation is 4. The van der Waals surface area contributed by atoms with Crippen molar-refractivity contribution in [3.8, 4) is 11.5 Å². The maximum absolute atomic E-state index is 12.9. The van der Waals surface area contributed by atoms with E-state index in [4.69, 9.17) is 24.1 Å². The molecule has 3 rings (SSSR count). The highest BCUT2D eigenvalue weighted by Crippen LogP contribution is 2.32. The van der Waals surface area contributed by atoms with Crippen LogP contribution in [-0.4, -0.2) is 66.8 Å². The summed E-state index contributed by atoms with van der Waals surface area (Å²) >= 11 is 0. The lowest BCUT2D eigenvalue weighted by Gasteiger charge is -2.23. The second-order valence-electron chi connectivity index (χ2n) is 10.3. The molecule has 1 heterocycles. The average Bonchev–Trinajstić information content (AvgIpc) is 3.41. The standard InChI is InChI=1S/C31H41NO9/c1-21-11-12-23(17-22(21)2)9-6-4-8-16-38-28(29(31(36)37)39-19-27(33)34)30(35)32-15-7-3-5-10-24-13-14-25-26(18-24)41-20-40-25/h11-14,17-18,28-29H,3-10,15-16,19-20H2,1-2H3,(H,32,35)(H,33,34)(H,36,37). The molecule has 2 aromatic rings. The summed E-state index contributed by atoms with van der Waals surface area (Å²) in [6.45, 7) is 4.05. The number of unbranched alkanes of at least 4 members (excludes halogenated alkanes) is 4. The second kappa shape index (κ2) is 16.6. The molecule has 0 bridgehead atoms. The van der Waals surface area contributed by atoms with Gasteiger partial charge < -0.3 is 34.5 Å². The first-order chi connectivity index (χ1) is 19.7. The van der Waals surface area contributed by atoms with E-state index in [1.807, 2.05) is 18.2 Å². The van der Waals surface area contributed by atoms with E-state index < -0.39 is 36.7 Å². The Kier molecular flexibility index (Phi) is 12.9. The summed E-state index contributed by atoms with van der Waals surface area (Å²) in [5, 5.41) is 21.3. The predicted octanol–water partition coefficient (Wildman–Crippen LogP) is 4.21. The van der Waals surface area contributed by atoms with Gasteiger partial charge in [0.15, 0.2) is 23.7 Å². The first-order valence-corrected chi connectivity index (χ1v) is 14.1. The fourth-order valence-electron chi connectivity index (χ4n) is 4.57. The number of benzene rings is 2. The van der Waals surface area contributed by atoms with Gasteiger partial charge in [-0.15, -0.1) is 0 Å². The van der Waals surface area contributed by atoms with Gasteiger partial charge in [-0.2, -0.15) is 0 Å². The van der Waals surface area contributed by atoms with Crippen LogP contribution < -0.4 is 14.8 Å². The van der Waals surface area contributed by atoms with Crippen molar-refractivity contribution < 1.29 is 43.5 Å². The molecule has 1 amide bonds. The minimum atomic E-state index is -1.73. The van der Waals surface area contributed by atoms with E-state index in [1.165, 1.54) is 16.7 Å². The number of carboxylic acids is 2. The van der Waals surface area contributed by atoms with Crippen molar-refractivity contribution in [2.24, 2.45) is 0 Å². The SMILES string of the molecule is Cc1ccc(CCCCCOC(C(=O)NCCCCCc2ccc3c(c2)OCO3)C(OCC(=O)O)C(=O)O)cc1C. The molecule has 41 heavy (non-hydrogen) atoms. The summed E-state index contributed by atoms with van der Waals surface area (Å²) in [6.07, 6.45) is 3.40. The Balaban J connectivity index is 1.41. The van der Waals surface area contributed by atoms with E-state index in [1.54, 1.807) is 0 Å². The Labute approximate surface area is 240 Å². The quantitative estimate of drug-likeness (QED) is 0.211. The van der Waals surface area contributed by atoms with Gasteiger partial charge in [0.2, 0.25) is 6.79 Å². The van der Waals surface area contributed by atoms with Gasteiger partial charge in [0, 0.05) is 13.2 Å². The number of carbonyl (C=O) groups is 3. The van der Waals surface area contributed by atoms with Crippen molar-refractivity contribution in [3.05, 3.63) is 58.7 Å². The van der Waals surface area contributed by atoms with E-state index >= 15 is 0 Å². The number of hydrogen-bond acceptors (Lipinski definition) is 7. The zero-order chi connectivity index (χ0) is 29.6. The highest BCUT2D eigenvalue weighted by atomic mass is 16.7. The molecule has 0 saturated heterocycles. The van der Waals surface area contributed by atoms with E-state index in [2.05, 4.69) is 37.4 Å². The number of carboxylic acid groups (broad SMARTS) is 2. The number of nitrogens with one attached hydrogen (secondary N) is 1. The molecule has 0 aromatic heterocycles. The van der Waals surface area contributed by atoms with Crippen LogP contribution in [0.15, 0.2) is 36.4 Å². The normalized spacial score (nSPS) is 13.5. The Morgan fingerprint density at radius 2 is 1.49 bits per heavy atom. The zero-order valence-electron chi connectivity index (χ0n) is 23.9. The minimum Gasteiger partial charge on any atom is -0.480 e. The van der Waals surface area contributed by atoms with Crippen LogP contribution in [0, 0.1) is 13.8 Å². The van der Waals surface area contributed by atoms with Gasteiger partial charge >= 0.3 is 11.9 Å².